The van der Waals surface area contributed by atoms with Crippen molar-refractivity contribution >= 4 is 16.1 Å². The molecule has 0 aromatic heterocycles. The molecular weight excluding hydrogens is 232 g/mol. The van der Waals surface area contributed by atoms with Gasteiger partial charge in [-0.2, -0.15) is 8.42 Å². The molecule has 1 rings (SSSR count). The molecule has 16 heavy (non-hydrogen) atoms. The molecule has 0 amide bonds. The third-order valence-electron chi connectivity index (χ3n) is 2.34. The van der Waals surface area contributed by atoms with Gasteiger partial charge in [-0.3, -0.25) is 4.18 Å². The number of carbonyl (C=O) groups excluding carboxylic acids is 1. The lowest BCUT2D eigenvalue weighted by molar-refractivity contribution is -0.148. The number of methoxy groups -OCH3 is 1. The van der Waals surface area contributed by atoms with Crippen molar-refractivity contribution in [1.29, 1.82) is 0 Å². The van der Waals surface area contributed by atoms with E-state index in [2.05, 4.69) is 4.74 Å². The number of rotatable bonds is 5. The Labute approximate surface area is 95.6 Å². The Kier molecular flexibility index (Phi) is 4.49. The molecule has 0 saturated carbocycles. The number of allylic oxidation sites excluding steroid dienone is 1. The van der Waals surface area contributed by atoms with E-state index in [1.807, 2.05) is 6.08 Å². The summed E-state index contributed by atoms with van der Waals surface area (Å²) in [5.74, 6) is -0.654. The molecule has 5 nitrogen and oxygen atoms in total. The van der Waals surface area contributed by atoms with Gasteiger partial charge in [0.15, 0.2) is 6.10 Å². The van der Waals surface area contributed by atoms with E-state index in [0.717, 1.165) is 31.1 Å². The number of esters is 1. The second kappa shape index (κ2) is 5.45. The van der Waals surface area contributed by atoms with E-state index in [9.17, 15) is 13.2 Å². The van der Waals surface area contributed by atoms with Crippen LogP contribution in [0.5, 0.6) is 0 Å². The summed E-state index contributed by atoms with van der Waals surface area (Å²) in [6.07, 6.45) is 5.09. The van der Waals surface area contributed by atoms with Gasteiger partial charge in [0.05, 0.1) is 13.4 Å². The van der Waals surface area contributed by atoms with Crippen molar-refractivity contribution in [3.8, 4) is 0 Å². The summed E-state index contributed by atoms with van der Waals surface area (Å²) in [6.45, 7) is 0. The van der Waals surface area contributed by atoms with Gasteiger partial charge < -0.3 is 4.74 Å². The standard InChI is InChI=1S/C10H16O5S/c1-14-10(11)9(15-16(2,12)13)7-8-5-3-4-6-8/h5,9H,3-4,6-7H2,1-2H3/t9-/m1/s1. The summed E-state index contributed by atoms with van der Waals surface area (Å²) in [5, 5.41) is 0. The monoisotopic (exact) mass is 248 g/mol. The average molecular weight is 248 g/mol. The van der Waals surface area contributed by atoms with Gasteiger partial charge in [0.25, 0.3) is 10.1 Å². The number of ether oxygens (including phenoxy) is 1. The van der Waals surface area contributed by atoms with E-state index in [1.165, 1.54) is 7.11 Å². The molecule has 0 radical (unpaired) electrons. The molecule has 1 aliphatic rings. The van der Waals surface area contributed by atoms with Crippen molar-refractivity contribution in [3.63, 3.8) is 0 Å². The first-order chi connectivity index (χ1) is 7.42. The van der Waals surface area contributed by atoms with Crippen molar-refractivity contribution in [1.82, 2.24) is 0 Å². The van der Waals surface area contributed by atoms with E-state index < -0.39 is 22.2 Å². The Bertz CT molecular complexity index is 382. The van der Waals surface area contributed by atoms with E-state index in [4.69, 9.17) is 4.18 Å². The van der Waals surface area contributed by atoms with Gasteiger partial charge in [0.1, 0.15) is 0 Å². The van der Waals surface area contributed by atoms with Gasteiger partial charge in [0, 0.05) is 6.42 Å². The first-order valence-corrected chi connectivity index (χ1v) is 6.88. The first-order valence-electron chi connectivity index (χ1n) is 5.06. The molecule has 0 saturated heterocycles. The number of carbonyl (C=O) groups is 1. The third-order valence-corrected chi connectivity index (χ3v) is 2.92. The lowest BCUT2D eigenvalue weighted by Crippen LogP contribution is -2.28. The highest BCUT2D eigenvalue weighted by molar-refractivity contribution is 7.86. The number of hydrogen-bond donors (Lipinski definition) is 0. The van der Waals surface area contributed by atoms with Gasteiger partial charge in [-0.15, -0.1) is 0 Å². The summed E-state index contributed by atoms with van der Waals surface area (Å²) in [5.41, 5.74) is 1.05. The second-order valence-electron chi connectivity index (χ2n) is 3.77. The zero-order chi connectivity index (χ0) is 12.2. The van der Waals surface area contributed by atoms with Gasteiger partial charge in [-0.25, -0.2) is 4.79 Å². The molecule has 6 heteroatoms. The Hall–Kier alpha value is -0.880. The Balaban J connectivity index is 2.67. The van der Waals surface area contributed by atoms with Crippen LogP contribution in [0.1, 0.15) is 25.7 Å². The minimum absolute atomic E-state index is 0.291. The lowest BCUT2D eigenvalue weighted by atomic mass is 10.1. The van der Waals surface area contributed by atoms with E-state index in [0.29, 0.717) is 6.42 Å². The van der Waals surface area contributed by atoms with Gasteiger partial charge >= 0.3 is 5.97 Å². The fourth-order valence-electron chi connectivity index (χ4n) is 1.66. The fraction of sp³-hybridized carbons (Fsp3) is 0.700. The quantitative estimate of drug-likeness (QED) is 0.412. The smallest absolute Gasteiger partial charge is 0.336 e. The molecule has 0 bridgehead atoms. The predicted octanol–water partition coefficient (Wildman–Crippen LogP) is 1.00. The molecule has 92 valence electrons. The highest BCUT2D eigenvalue weighted by Gasteiger charge is 2.26. The molecular formula is C10H16O5S. The molecule has 0 spiro atoms. The van der Waals surface area contributed by atoms with Crippen LogP contribution in [-0.4, -0.2) is 33.9 Å². The normalized spacial score (nSPS) is 18.0. The first kappa shape index (κ1) is 13.2. The van der Waals surface area contributed by atoms with Gasteiger partial charge in [-0.05, 0) is 19.3 Å². The maximum atomic E-state index is 11.3. The van der Waals surface area contributed by atoms with Crippen LogP contribution >= 0.6 is 0 Å². The number of hydrogen-bond acceptors (Lipinski definition) is 5. The van der Waals surface area contributed by atoms with E-state index in [-0.39, 0.29) is 0 Å². The van der Waals surface area contributed by atoms with Crippen LogP contribution in [0.3, 0.4) is 0 Å². The Morgan fingerprint density at radius 3 is 2.69 bits per heavy atom. The molecule has 0 unspecified atom stereocenters. The molecule has 1 aliphatic carbocycles. The van der Waals surface area contributed by atoms with Crippen molar-refractivity contribution in [2.75, 3.05) is 13.4 Å². The molecule has 0 N–H and O–H groups in total. The fourth-order valence-corrected chi connectivity index (χ4v) is 2.23. The molecule has 0 heterocycles. The molecule has 0 aliphatic heterocycles. The molecule has 0 aromatic carbocycles. The van der Waals surface area contributed by atoms with Crippen LogP contribution in [-0.2, 0) is 23.8 Å². The lowest BCUT2D eigenvalue weighted by Gasteiger charge is -2.14. The largest absolute Gasteiger partial charge is 0.467 e. The minimum atomic E-state index is -3.65. The summed E-state index contributed by atoms with van der Waals surface area (Å²) in [6, 6.07) is 0. The molecule has 0 aromatic rings. The summed E-state index contributed by atoms with van der Waals surface area (Å²) >= 11 is 0. The zero-order valence-corrected chi connectivity index (χ0v) is 10.2. The van der Waals surface area contributed by atoms with Crippen LogP contribution in [0.25, 0.3) is 0 Å². The SMILES string of the molecule is COC(=O)[C@@H](CC1=CCCC1)OS(C)(=O)=O. The zero-order valence-electron chi connectivity index (χ0n) is 9.43. The Morgan fingerprint density at radius 1 is 1.56 bits per heavy atom. The van der Waals surface area contributed by atoms with Crippen LogP contribution < -0.4 is 0 Å². The van der Waals surface area contributed by atoms with Crippen molar-refractivity contribution in [2.24, 2.45) is 0 Å². The van der Waals surface area contributed by atoms with Gasteiger partial charge in [-0.1, -0.05) is 11.6 Å². The third kappa shape index (κ3) is 4.32. The van der Waals surface area contributed by atoms with Crippen LogP contribution in [0.15, 0.2) is 11.6 Å². The predicted molar refractivity (Wildman–Crippen MR) is 58.3 cm³/mol. The minimum Gasteiger partial charge on any atom is -0.467 e. The Morgan fingerprint density at radius 2 is 2.25 bits per heavy atom. The molecule has 1 atom stereocenters. The summed E-state index contributed by atoms with van der Waals surface area (Å²) in [7, 11) is -2.44. The van der Waals surface area contributed by atoms with Gasteiger partial charge in [0.2, 0.25) is 0 Å². The van der Waals surface area contributed by atoms with Crippen LogP contribution in [0, 0.1) is 0 Å². The highest BCUT2D eigenvalue weighted by Crippen LogP contribution is 2.23. The maximum Gasteiger partial charge on any atom is 0.336 e. The van der Waals surface area contributed by atoms with Crippen molar-refractivity contribution in [2.45, 2.75) is 31.8 Å². The highest BCUT2D eigenvalue weighted by atomic mass is 32.2. The topological polar surface area (TPSA) is 69.7 Å². The van der Waals surface area contributed by atoms with E-state index in [1.54, 1.807) is 0 Å². The van der Waals surface area contributed by atoms with Crippen molar-refractivity contribution < 1.29 is 22.1 Å². The summed E-state index contributed by atoms with van der Waals surface area (Å²) < 4.78 is 31.2. The van der Waals surface area contributed by atoms with Crippen LogP contribution in [0.4, 0.5) is 0 Å². The van der Waals surface area contributed by atoms with Crippen LogP contribution in [0.2, 0.25) is 0 Å². The molecule has 0 fully saturated rings. The van der Waals surface area contributed by atoms with E-state index >= 15 is 0 Å². The van der Waals surface area contributed by atoms with Crippen molar-refractivity contribution in [3.05, 3.63) is 11.6 Å². The second-order valence-corrected chi connectivity index (χ2v) is 5.37. The average Bonchev–Trinajstić information content (AvgIpc) is 2.66. The summed E-state index contributed by atoms with van der Waals surface area (Å²) in [4.78, 5) is 11.3. The maximum absolute atomic E-state index is 11.3.